The van der Waals surface area contributed by atoms with Crippen LogP contribution >= 0.6 is 0 Å². The average molecular weight is 344 g/mol. The van der Waals surface area contributed by atoms with E-state index in [1.165, 1.54) is 6.08 Å². The van der Waals surface area contributed by atoms with E-state index in [0.29, 0.717) is 5.56 Å². The van der Waals surface area contributed by atoms with Gasteiger partial charge in [-0.2, -0.15) is 0 Å². The Kier molecular flexibility index (Phi) is 3.09. The molecule has 4 nitrogen and oxygen atoms in total. The minimum Gasteiger partial charge on any atom is -0.479 e. The lowest BCUT2D eigenvalue weighted by Crippen LogP contribution is -2.67. The number of Topliss-reactive ketones (excluding diaryl/α,β-unsaturated/α-hetero) is 1. The third kappa shape index (κ3) is 1.72. The maximum atomic E-state index is 13.6. The summed E-state index contributed by atoms with van der Waals surface area (Å²) in [5.41, 5.74) is -1.19. The molecule has 0 N–H and O–H groups in total. The van der Waals surface area contributed by atoms with Gasteiger partial charge >= 0.3 is 0 Å². The number of benzene rings is 2. The fourth-order valence-electron chi connectivity index (χ4n) is 4.31. The van der Waals surface area contributed by atoms with E-state index in [-0.39, 0.29) is 11.6 Å². The Bertz CT molecular complexity index is 947. The van der Waals surface area contributed by atoms with Gasteiger partial charge in [-0.05, 0) is 23.8 Å². The molecule has 2 aromatic carbocycles. The first-order valence-electron chi connectivity index (χ1n) is 8.60. The number of carbonyl (C=O) groups excluding carboxylic acids is 2. The van der Waals surface area contributed by atoms with Gasteiger partial charge in [-0.1, -0.05) is 60.7 Å². The Morgan fingerprint density at radius 3 is 2.04 bits per heavy atom. The predicted molar refractivity (Wildman–Crippen MR) is 94.0 cm³/mol. The molecule has 0 aliphatic carbocycles. The van der Waals surface area contributed by atoms with Crippen molar-refractivity contribution >= 4 is 11.6 Å². The first kappa shape index (κ1) is 15.3. The first-order chi connectivity index (χ1) is 12.7. The fourth-order valence-corrected chi connectivity index (χ4v) is 4.31. The Balaban J connectivity index is 1.77. The summed E-state index contributed by atoms with van der Waals surface area (Å²) < 4.78 is 12.3. The van der Waals surface area contributed by atoms with Crippen molar-refractivity contribution in [3.63, 3.8) is 0 Å². The van der Waals surface area contributed by atoms with Crippen LogP contribution in [0.2, 0.25) is 0 Å². The summed E-state index contributed by atoms with van der Waals surface area (Å²) in [4.78, 5) is 26.6. The van der Waals surface area contributed by atoms with Gasteiger partial charge in [-0.25, -0.2) is 0 Å². The molecule has 0 saturated carbocycles. The van der Waals surface area contributed by atoms with Crippen molar-refractivity contribution in [2.45, 2.75) is 17.3 Å². The van der Waals surface area contributed by atoms with Crippen molar-refractivity contribution in [3.8, 4) is 0 Å². The predicted octanol–water partition coefficient (Wildman–Crippen LogP) is 3.04. The van der Waals surface area contributed by atoms with Crippen LogP contribution in [-0.2, 0) is 30.3 Å². The lowest BCUT2D eigenvalue weighted by atomic mass is 9.63. The summed E-state index contributed by atoms with van der Waals surface area (Å²) in [5.74, 6) is -1.11. The topological polar surface area (TPSA) is 52.6 Å². The summed E-state index contributed by atoms with van der Waals surface area (Å²) in [6, 6.07) is 18.6. The van der Waals surface area contributed by atoms with Gasteiger partial charge in [0.2, 0.25) is 5.60 Å². The fraction of sp³-hybridized carbons (Fsp3) is 0.182. The second-order valence-corrected chi connectivity index (χ2v) is 6.75. The average Bonchev–Trinajstić information content (AvgIpc) is 2.69. The van der Waals surface area contributed by atoms with Crippen LogP contribution in [-0.4, -0.2) is 17.7 Å². The quantitative estimate of drug-likeness (QED) is 0.840. The molecule has 3 aliphatic rings. The van der Waals surface area contributed by atoms with Crippen LogP contribution in [0.25, 0.3) is 0 Å². The molecule has 0 radical (unpaired) electrons. The maximum absolute atomic E-state index is 13.6. The molecule has 0 amide bonds. The van der Waals surface area contributed by atoms with Gasteiger partial charge in [0.1, 0.15) is 6.10 Å². The molecule has 4 atom stereocenters. The maximum Gasteiger partial charge on any atom is 0.221 e. The minimum absolute atomic E-state index is 0.149. The highest BCUT2D eigenvalue weighted by atomic mass is 16.6. The molecule has 4 bridgehead atoms. The van der Waals surface area contributed by atoms with Gasteiger partial charge in [0, 0.05) is 5.56 Å². The number of hydrogen-bond acceptors (Lipinski definition) is 4. The summed E-state index contributed by atoms with van der Waals surface area (Å²) in [5, 5.41) is 0. The van der Waals surface area contributed by atoms with Crippen molar-refractivity contribution in [2.24, 2.45) is 5.92 Å². The molecule has 0 spiro atoms. The molecule has 4 heteroatoms. The Morgan fingerprint density at radius 2 is 1.38 bits per heavy atom. The molecular formula is C22H16O4. The van der Waals surface area contributed by atoms with Crippen molar-refractivity contribution in [3.05, 3.63) is 96.3 Å². The third-order valence-electron chi connectivity index (χ3n) is 5.52. The van der Waals surface area contributed by atoms with E-state index in [9.17, 15) is 9.59 Å². The number of hydrogen-bond donors (Lipinski definition) is 0. The van der Waals surface area contributed by atoms with Crippen molar-refractivity contribution in [1.29, 1.82) is 0 Å². The molecule has 1 fully saturated rings. The van der Waals surface area contributed by atoms with Crippen LogP contribution in [0.5, 0.6) is 0 Å². The smallest absolute Gasteiger partial charge is 0.221 e. The van der Waals surface area contributed by atoms with Crippen LogP contribution in [0.15, 0.2) is 85.2 Å². The molecule has 2 aromatic rings. The monoisotopic (exact) mass is 344 g/mol. The Labute approximate surface area is 150 Å². The van der Waals surface area contributed by atoms with Crippen LogP contribution in [0, 0.1) is 5.92 Å². The highest BCUT2D eigenvalue weighted by molar-refractivity contribution is 6.08. The molecule has 3 heterocycles. The van der Waals surface area contributed by atoms with Crippen molar-refractivity contribution in [1.82, 2.24) is 0 Å². The molecule has 0 unspecified atom stereocenters. The molecule has 1 saturated heterocycles. The lowest BCUT2D eigenvalue weighted by Gasteiger charge is -2.54. The number of carbonyl (C=O) groups is 2. The number of ether oxygens (including phenoxy) is 2. The Morgan fingerprint density at radius 1 is 0.769 bits per heavy atom. The van der Waals surface area contributed by atoms with E-state index in [1.54, 1.807) is 18.4 Å². The second kappa shape index (κ2) is 5.26. The van der Waals surface area contributed by atoms with E-state index in [4.69, 9.17) is 9.47 Å². The van der Waals surface area contributed by atoms with E-state index >= 15 is 0 Å². The largest absolute Gasteiger partial charge is 0.479 e. The molecule has 5 rings (SSSR count). The van der Waals surface area contributed by atoms with Gasteiger partial charge in [-0.15, -0.1) is 0 Å². The molecular weight excluding hydrogens is 328 g/mol. The SMILES string of the molecule is O=C1[C@@H]2C=CO[C@@]1(c1ccccc1)[C@@H]1C=CC(=O)[C@@]2(c2ccccc2)O1. The number of rotatable bonds is 2. The van der Waals surface area contributed by atoms with E-state index in [0.717, 1.165) is 5.56 Å². The van der Waals surface area contributed by atoms with Gasteiger partial charge < -0.3 is 9.47 Å². The summed E-state index contributed by atoms with van der Waals surface area (Å²) in [7, 11) is 0. The van der Waals surface area contributed by atoms with Crippen LogP contribution in [0.4, 0.5) is 0 Å². The standard InChI is InChI=1S/C22H16O4/c23-18-11-12-19-22(16-9-5-2-6-10-16)20(24)17(13-14-25-22)21(18,26-19)15-7-3-1-4-8-15/h1-14,17,19H/t17-,19-,21-,22-/m0/s1. The minimum atomic E-state index is -1.34. The molecule has 3 aliphatic heterocycles. The van der Waals surface area contributed by atoms with E-state index in [1.807, 2.05) is 60.7 Å². The first-order valence-corrected chi connectivity index (χ1v) is 8.60. The van der Waals surface area contributed by atoms with Gasteiger partial charge in [0.05, 0.1) is 12.2 Å². The molecule has 0 aromatic heterocycles. The highest BCUT2D eigenvalue weighted by Gasteiger charge is 2.67. The molecule has 26 heavy (non-hydrogen) atoms. The van der Waals surface area contributed by atoms with Crippen molar-refractivity contribution in [2.75, 3.05) is 0 Å². The summed E-state index contributed by atoms with van der Waals surface area (Å²) in [6.07, 6.45) is 5.67. The summed E-state index contributed by atoms with van der Waals surface area (Å²) in [6.45, 7) is 0. The van der Waals surface area contributed by atoms with Crippen LogP contribution in [0.3, 0.4) is 0 Å². The Hall–Kier alpha value is -2.98. The third-order valence-corrected chi connectivity index (χ3v) is 5.52. The zero-order valence-corrected chi connectivity index (χ0v) is 13.9. The van der Waals surface area contributed by atoms with Crippen LogP contribution in [0.1, 0.15) is 11.1 Å². The summed E-state index contributed by atoms with van der Waals surface area (Å²) >= 11 is 0. The normalized spacial score (nSPS) is 34.5. The zero-order chi connectivity index (χ0) is 17.8. The molecule has 128 valence electrons. The number of ketones is 2. The lowest BCUT2D eigenvalue weighted by molar-refractivity contribution is -0.226. The number of fused-ring (bicyclic) bond motifs is 6. The van der Waals surface area contributed by atoms with E-state index in [2.05, 4.69) is 0 Å². The second-order valence-electron chi connectivity index (χ2n) is 6.75. The van der Waals surface area contributed by atoms with Gasteiger partial charge in [0.15, 0.2) is 17.2 Å². The van der Waals surface area contributed by atoms with E-state index < -0.39 is 23.2 Å². The van der Waals surface area contributed by atoms with Crippen molar-refractivity contribution < 1.29 is 19.1 Å². The highest BCUT2D eigenvalue weighted by Crippen LogP contribution is 2.54. The van der Waals surface area contributed by atoms with Crippen LogP contribution < -0.4 is 0 Å². The zero-order valence-electron chi connectivity index (χ0n) is 13.9. The van der Waals surface area contributed by atoms with Gasteiger partial charge in [0.25, 0.3) is 0 Å². The van der Waals surface area contributed by atoms with Gasteiger partial charge in [-0.3, -0.25) is 9.59 Å².